The first-order valence-electron chi connectivity index (χ1n) is 7.91. The fourth-order valence-electron chi connectivity index (χ4n) is 2.30. The highest BCUT2D eigenvalue weighted by atomic mass is 32.2. The predicted octanol–water partition coefficient (Wildman–Crippen LogP) is 3.37. The topological polar surface area (TPSA) is 67.9 Å². The molecule has 3 rings (SSSR count). The molecule has 5 nitrogen and oxygen atoms in total. The van der Waals surface area contributed by atoms with Gasteiger partial charge in [-0.1, -0.05) is 53.7 Å². The van der Waals surface area contributed by atoms with Crippen molar-refractivity contribution in [2.24, 2.45) is 0 Å². The Morgan fingerprint density at radius 2 is 1.68 bits per heavy atom. The summed E-state index contributed by atoms with van der Waals surface area (Å²) in [6, 6.07) is 15.9. The number of thioether (sulfide) groups is 1. The minimum absolute atomic E-state index is 0.197. The average Bonchev–Trinajstić information content (AvgIpc) is 2.64. The Bertz CT molecular complexity index is 890. The Morgan fingerprint density at radius 1 is 1.00 bits per heavy atom. The summed E-state index contributed by atoms with van der Waals surface area (Å²) in [6.07, 6.45) is 0.440. The molecule has 1 N–H and O–H groups in total. The lowest BCUT2D eigenvalue weighted by Gasteiger charge is -2.04. The van der Waals surface area contributed by atoms with Crippen molar-refractivity contribution in [2.45, 2.75) is 24.3 Å². The third-order valence-corrected chi connectivity index (χ3v) is 4.71. The Kier molecular flexibility index (Phi) is 5.50. The monoisotopic (exact) mass is 353 g/mol. The molecule has 6 heteroatoms. The lowest BCUT2D eigenvalue weighted by molar-refractivity contribution is 0.414. The van der Waals surface area contributed by atoms with Gasteiger partial charge in [0.25, 0.3) is 5.56 Å². The van der Waals surface area contributed by atoms with E-state index < -0.39 is 0 Å². The first-order chi connectivity index (χ1) is 12.1. The van der Waals surface area contributed by atoms with Crippen LogP contribution in [0.4, 0.5) is 0 Å². The zero-order chi connectivity index (χ0) is 17.6. The number of hydrogen-bond donors (Lipinski definition) is 1. The molecule has 0 unspecified atom stereocenters. The van der Waals surface area contributed by atoms with E-state index in [0.717, 1.165) is 17.1 Å². The Morgan fingerprint density at radius 3 is 2.32 bits per heavy atom. The van der Waals surface area contributed by atoms with Crippen LogP contribution in [-0.4, -0.2) is 22.3 Å². The van der Waals surface area contributed by atoms with Crippen molar-refractivity contribution in [1.82, 2.24) is 15.2 Å². The maximum atomic E-state index is 12.2. The van der Waals surface area contributed by atoms with Crippen molar-refractivity contribution in [3.05, 3.63) is 81.3 Å². The van der Waals surface area contributed by atoms with Gasteiger partial charge in [-0.2, -0.15) is 0 Å². The van der Waals surface area contributed by atoms with Crippen LogP contribution in [0.1, 0.15) is 22.4 Å². The third kappa shape index (κ3) is 4.70. The molecule has 0 saturated heterocycles. The van der Waals surface area contributed by atoms with Crippen LogP contribution in [0.15, 0.2) is 58.5 Å². The smallest absolute Gasteiger partial charge is 0.273 e. The summed E-state index contributed by atoms with van der Waals surface area (Å²) >= 11 is 1.47. The minimum atomic E-state index is -0.197. The SMILES string of the molecule is COc1ccc(Cc2nnc(SCc3ccc(C)cc3)[nH]c2=O)cc1. The predicted molar refractivity (Wildman–Crippen MR) is 99.2 cm³/mol. The first-order valence-corrected chi connectivity index (χ1v) is 8.90. The first kappa shape index (κ1) is 17.2. The number of nitrogens with one attached hydrogen (secondary N) is 1. The molecular weight excluding hydrogens is 334 g/mol. The fraction of sp³-hybridized carbons (Fsp3) is 0.211. The van der Waals surface area contributed by atoms with Crippen LogP contribution >= 0.6 is 11.8 Å². The molecule has 0 saturated carbocycles. The molecule has 0 aliphatic rings. The number of aromatic amines is 1. The zero-order valence-electron chi connectivity index (χ0n) is 14.2. The van der Waals surface area contributed by atoms with Gasteiger partial charge in [-0.15, -0.1) is 10.2 Å². The van der Waals surface area contributed by atoms with E-state index in [1.54, 1.807) is 7.11 Å². The molecule has 0 amide bonds. The molecule has 0 spiro atoms. The molecule has 0 aliphatic carbocycles. The van der Waals surface area contributed by atoms with Gasteiger partial charge in [-0.3, -0.25) is 9.78 Å². The van der Waals surface area contributed by atoms with E-state index in [9.17, 15) is 4.79 Å². The van der Waals surface area contributed by atoms with Crippen LogP contribution < -0.4 is 10.3 Å². The molecule has 2 aromatic carbocycles. The molecule has 0 bridgehead atoms. The van der Waals surface area contributed by atoms with Crippen LogP contribution in [0, 0.1) is 6.92 Å². The number of nitrogens with zero attached hydrogens (tertiary/aromatic N) is 2. The molecular formula is C19H19N3O2S. The normalized spacial score (nSPS) is 10.6. The van der Waals surface area contributed by atoms with E-state index in [4.69, 9.17) is 4.74 Å². The lowest BCUT2D eigenvalue weighted by atomic mass is 10.1. The zero-order valence-corrected chi connectivity index (χ0v) is 15.0. The average molecular weight is 353 g/mol. The van der Waals surface area contributed by atoms with Gasteiger partial charge in [0.05, 0.1) is 7.11 Å². The van der Waals surface area contributed by atoms with Gasteiger partial charge in [0, 0.05) is 12.2 Å². The van der Waals surface area contributed by atoms with Crippen molar-refractivity contribution in [3.63, 3.8) is 0 Å². The molecule has 128 valence electrons. The number of methoxy groups -OCH3 is 1. The van der Waals surface area contributed by atoms with Crippen LogP contribution in [0.2, 0.25) is 0 Å². The Hall–Kier alpha value is -2.60. The molecule has 25 heavy (non-hydrogen) atoms. The summed E-state index contributed by atoms with van der Waals surface area (Å²) in [4.78, 5) is 15.0. The van der Waals surface area contributed by atoms with Crippen molar-refractivity contribution in [1.29, 1.82) is 0 Å². The Labute approximate surface area is 150 Å². The van der Waals surface area contributed by atoms with Crippen LogP contribution in [0.3, 0.4) is 0 Å². The second kappa shape index (κ2) is 7.98. The van der Waals surface area contributed by atoms with Crippen molar-refractivity contribution in [2.75, 3.05) is 7.11 Å². The molecule has 0 aliphatic heterocycles. The molecule has 0 radical (unpaired) electrons. The maximum Gasteiger partial charge on any atom is 0.273 e. The highest BCUT2D eigenvalue weighted by Gasteiger charge is 2.07. The summed E-state index contributed by atoms with van der Waals surface area (Å²) in [5, 5.41) is 8.76. The van der Waals surface area contributed by atoms with Crippen LogP contribution in [-0.2, 0) is 12.2 Å². The van der Waals surface area contributed by atoms with E-state index in [0.29, 0.717) is 17.3 Å². The van der Waals surface area contributed by atoms with Gasteiger partial charge in [0.15, 0.2) is 5.16 Å². The lowest BCUT2D eigenvalue weighted by Crippen LogP contribution is -2.17. The van der Waals surface area contributed by atoms with Crippen molar-refractivity contribution >= 4 is 11.8 Å². The van der Waals surface area contributed by atoms with Crippen molar-refractivity contribution < 1.29 is 4.74 Å². The molecule has 0 atom stereocenters. The number of hydrogen-bond acceptors (Lipinski definition) is 5. The maximum absolute atomic E-state index is 12.2. The second-order valence-electron chi connectivity index (χ2n) is 5.71. The van der Waals surface area contributed by atoms with Gasteiger partial charge >= 0.3 is 0 Å². The summed E-state index contributed by atoms with van der Waals surface area (Å²) in [7, 11) is 1.62. The highest BCUT2D eigenvalue weighted by Crippen LogP contribution is 2.18. The van der Waals surface area contributed by atoms with E-state index in [2.05, 4.69) is 46.4 Å². The van der Waals surface area contributed by atoms with Gasteiger partial charge in [-0.25, -0.2) is 0 Å². The highest BCUT2D eigenvalue weighted by molar-refractivity contribution is 7.98. The largest absolute Gasteiger partial charge is 0.497 e. The quantitative estimate of drug-likeness (QED) is 0.688. The number of rotatable bonds is 6. The summed E-state index contributed by atoms with van der Waals surface area (Å²) in [5.41, 5.74) is 3.60. The Balaban J connectivity index is 1.65. The van der Waals surface area contributed by atoms with Crippen LogP contribution in [0.5, 0.6) is 5.75 Å². The third-order valence-electron chi connectivity index (χ3n) is 3.77. The molecule has 1 aromatic heterocycles. The summed E-state index contributed by atoms with van der Waals surface area (Å²) in [6.45, 7) is 2.06. The number of benzene rings is 2. The van der Waals surface area contributed by atoms with E-state index >= 15 is 0 Å². The van der Waals surface area contributed by atoms with E-state index in [-0.39, 0.29) is 5.56 Å². The standard InChI is InChI=1S/C19H19N3O2S/c1-13-3-5-15(6-4-13)12-25-19-20-18(23)17(21-22-19)11-14-7-9-16(24-2)10-8-14/h3-10H,11-12H2,1-2H3,(H,20,22,23). The van der Waals surface area contributed by atoms with Gasteiger partial charge in [-0.05, 0) is 30.2 Å². The van der Waals surface area contributed by atoms with E-state index in [1.807, 2.05) is 24.3 Å². The summed E-state index contributed by atoms with van der Waals surface area (Å²) < 4.78 is 5.13. The molecule has 3 aromatic rings. The summed E-state index contributed by atoms with van der Waals surface area (Å²) in [5.74, 6) is 1.52. The van der Waals surface area contributed by atoms with Gasteiger partial charge in [0.1, 0.15) is 11.4 Å². The number of ether oxygens (including phenoxy) is 1. The van der Waals surface area contributed by atoms with Crippen LogP contribution in [0.25, 0.3) is 0 Å². The second-order valence-corrected chi connectivity index (χ2v) is 6.67. The van der Waals surface area contributed by atoms with Gasteiger partial charge in [0.2, 0.25) is 0 Å². The van der Waals surface area contributed by atoms with Crippen molar-refractivity contribution in [3.8, 4) is 5.75 Å². The van der Waals surface area contributed by atoms with Gasteiger partial charge < -0.3 is 4.74 Å². The number of H-pyrrole nitrogens is 1. The molecule has 1 heterocycles. The minimum Gasteiger partial charge on any atom is -0.497 e. The molecule has 0 fully saturated rings. The van der Waals surface area contributed by atoms with E-state index in [1.165, 1.54) is 22.9 Å². The fourth-order valence-corrected chi connectivity index (χ4v) is 3.06. The number of aryl methyl sites for hydroxylation is 1. The number of aromatic nitrogens is 3.